The molecular weight excluding hydrogens is 286 g/mol. The van der Waals surface area contributed by atoms with Crippen molar-refractivity contribution >= 4 is 11.3 Å². The van der Waals surface area contributed by atoms with Crippen LogP contribution in [0.15, 0.2) is 34.3 Å². The Morgan fingerprint density at radius 2 is 2.33 bits per heavy atom. The van der Waals surface area contributed by atoms with E-state index in [4.69, 9.17) is 4.52 Å². The average molecular weight is 303 g/mol. The fraction of sp³-hybridized carbons (Fsp3) is 0.357. The highest BCUT2D eigenvalue weighted by atomic mass is 32.1. The van der Waals surface area contributed by atoms with Crippen LogP contribution in [0.5, 0.6) is 0 Å². The van der Waals surface area contributed by atoms with Crippen LogP contribution in [0.4, 0.5) is 0 Å². The summed E-state index contributed by atoms with van der Waals surface area (Å²) in [7, 11) is 0. The summed E-state index contributed by atoms with van der Waals surface area (Å²) in [4.78, 5) is 1.08. The summed E-state index contributed by atoms with van der Waals surface area (Å²) >= 11 is 1.63. The molecule has 0 fully saturated rings. The second-order valence-corrected chi connectivity index (χ2v) is 5.69. The fourth-order valence-corrected chi connectivity index (χ4v) is 2.65. The third-order valence-electron chi connectivity index (χ3n) is 2.97. The summed E-state index contributed by atoms with van der Waals surface area (Å²) < 4.78 is 7.13. The van der Waals surface area contributed by atoms with Gasteiger partial charge in [-0.2, -0.15) is 0 Å². The van der Waals surface area contributed by atoms with Gasteiger partial charge in [-0.05, 0) is 24.4 Å². The molecule has 0 bridgehead atoms. The van der Waals surface area contributed by atoms with Gasteiger partial charge in [0, 0.05) is 12.6 Å². The minimum atomic E-state index is 0.565. The van der Waals surface area contributed by atoms with E-state index >= 15 is 0 Å². The third kappa shape index (κ3) is 3.56. The summed E-state index contributed by atoms with van der Waals surface area (Å²) in [5, 5.41) is 17.6. The van der Waals surface area contributed by atoms with Gasteiger partial charge in [0.2, 0.25) is 0 Å². The highest BCUT2D eigenvalue weighted by Crippen LogP contribution is 2.25. The van der Waals surface area contributed by atoms with Crippen molar-refractivity contribution in [2.24, 2.45) is 0 Å². The Labute approximate surface area is 126 Å². The molecule has 21 heavy (non-hydrogen) atoms. The van der Waals surface area contributed by atoms with Crippen LogP contribution >= 0.6 is 11.3 Å². The average Bonchev–Trinajstić information content (AvgIpc) is 3.20. The predicted molar refractivity (Wildman–Crippen MR) is 80.9 cm³/mol. The fourth-order valence-electron chi connectivity index (χ4n) is 1.98. The highest BCUT2D eigenvalue weighted by Gasteiger charge is 2.09. The maximum absolute atomic E-state index is 5.35. The Bertz CT molecular complexity index is 673. The van der Waals surface area contributed by atoms with Crippen molar-refractivity contribution in [3.8, 4) is 10.6 Å². The standard InChI is InChI=1S/C14H17N5OS/c1-2-5-15-8-12-10-19(18-16-12)9-11-7-13(20-17-11)14-4-3-6-21-14/h3-4,6-7,10,15H,2,5,8-9H2,1H3. The quantitative estimate of drug-likeness (QED) is 0.679. The van der Waals surface area contributed by atoms with Crippen LogP contribution in [-0.4, -0.2) is 26.7 Å². The monoisotopic (exact) mass is 303 g/mol. The van der Waals surface area contributed by atoms with Crippen LogP contribution in [0.2, 0.25) is 0 Å². The van der Waals surface area contributed by atoms with Gasteiger partial charge in [-0.1, -0.05) is 23.4 Å². The molecule has 0 aliphatic rings. The van der Waals surface area contributed by atoms with E-state index in [1.807, 2.05) is 29.8 Å². The molecule has 0 spiro atoms. The van der Waals surface area contributed by atoms with Gasteiger partial charge in [0.25, 0.3) is 0 Å². The summed E-state index contributed by atoms with van der Waals surface area (Å²) in [5.74, 6) is 0.796. The third-order valence-corrected chi connectivity index (χ3v) is 3.85. The molecule has 0 unspecified atom stereocenters. The Morgan fingerprint density at radius 3 is 3.14 bits per heavy atom. The Kier molecular flexibility index (Phi) is 4.42. The van der Waals surface area contributed by atoms with E-state index in [-0.39, 0.29) is 0 Å². The highest BCUT2D eigenvalue weighted by molar-refractivity contribution is 7.13. The van der Waals surface area contributed by atoms with Crippen LogP contribution < -0.4 is 5.32 Å². The van der Waals surface area contributed by atoms with Gasteiger partial charge in [-0.25, -0.2) is 4.68 Å². The molecule has 3 rings (SSSR count). The molecule has 0 atom stereocenters. The molecule has 3 aromatic rings. The molecule has 6 nitrogen and oxygen atoms in total. The largest absolute Gasteiger partial charge is 0.355 e. The summed E-state index contributed by atoms with van der Waals surface area (Å²) in [6.45, 7) is 4.43. The number of thiophene rings is 1. The van der Waals surface area contributed by atoms with Crippen LogP contribution in [0, 0.1) is 0 Å². The van der Waals surface area contributed by atoms with Crippen molar-refractivity contribution in [3.63, 3.8) is 0 Å². The van der Waals surface area contributed by atoms with Crippen molar-refractivity contribution in [2.75, 3.05) is 6.54 Å². The molecule has 0 aromatic carbocycles. The lowest BCUT2D eigenvalue weighted by Gasteiger charge is -1.97. The molecule has 3 aromatic heterocycles. The first-order chi connectivity index (χ1) is 10.3. The van der Waals surface area contributed by atoms with Gasteiger partial charge >= 0.3 is 0 Å². The van der Waals surface area contributed by atoms with E-state index in [0.29, 0.717) is 6.54 Å². The maximum atomic E-state index is 5.35. The lowest BCUT2D eigenvalue weighted by molar-refractivity contribution is 0.419. The molecule has 7 heteroatoms. The Balaban J connectivity index is 1.61. The maximum Gasteiger partial charge on any atom is 0.177 e. The van der Waals surface area contributed by atoms with Gasteiger partial charge < -0.3 is 9.84 Å². The molecule has 110 valence electrons. The number of hydrogen-bond acceptors (Lipinski definition) is 6. The smallest absolute Gasteiger partial charge is 0.177 e. The number of rotatable bonds is 7. The Morgan fingerprint density at radius 1 is 1.38 bits per heavy atom. The van der Waals surface area contributed by atoms with Crippen molar-refractivity contribution in [2.45, 2.75) is 26.4 Å². The van der Waals surface area contributed by atoms with E-state index in [2.05, 4.69) is 27.7 Å². The van der Waals surface area contributed by atoms with Gasteiger partial charge in [0.1, 0.15) is 5.69 Å². The first-order valence-corrected chi connectivity index (χ1v) is 7.82. The number of hydrogen-bond donors (Lipinski definition) is 1. The van der Waals surface area contributed by atoms with E-state index in [1.165, 1.54) is 0 Å². The zero-order chi connectivity index (χ0) is 14.5. The molecule has 0 radical (unpaired) electrons. The van der Waals surface area contributed by atoms with E-state index in [0.717, 1.165) is 41.5 Å². The summed E-state index contributed by atoms with van der Waals surface area (Å²) in [6.07, 6.45) is 3.04. The first-order valence-electron chi connectivity index (χ1n) is 6.94. The minimum absolute atomic E-state index is 0.565. The number of nitrogens with zero attached hydrogens (tertiary/aromatic N) is 4. The van der Waals surface area contributed by atoms with Crippen molar-refractivity contribution in [1.29, 1.82) is 0 Å². The SMILES string of the molecule is CCCNCc1cn(Cc2cc(-c3cccs3)on2)nn1. The number of nitrogens with one attached hydrogen (secondary N) is 1. The molecule has 0 amide bonds. The molecule has 1 N–H and O–H groups in total. The van der Waals surface area contributed by atoms with Crippen molar-refractivity contribution < 1.29 is 4.52 Å². The van der Waals surface area contributed by atoms with Gasteiger partial charge in [-0.15, -0.1) is 16.4 Å². The molecule has 0 aliphatic carbocycles. The second kappa shape index (κ2) is 6.64. The normalized spacial score (nSPS) is 11.1. The van der Waals surface area contributed by atoms with Crippen molar-refractivity contribution in [1.82, 2.24) is 25.5 Å². The summed E-state index contributed by atoms with van der Waals surface area (Å²) in [6, 6.07) is 5.96. The lowest BCUT2D eigenvalue weighted by Crippen LogP contribution is -2.13. The molecule has 0 aliphatic heterocycles. The number of aromatic nitrogens is 4. The van der Waals surface area contributed by atoms with Gasteiger partial charge in [0.05, 0.1) is 23.3 Å². The molecule has 3 heterocycles. The topological polar surface area (TPSA) is 68.8 Å². The zero-order valence-corrected chi connectivity index (χ0v) is 12.6. The van der Waals surface area contributed by atoms with E-state index in [1.54, 1.807) is 16.0 Å². The van der Waals surface area contributed by atoms with Gasteiger partial charge in [-0.3, -0.25) is 0 Å². The van der Waals surface area contributed by atoms with Crippen molar-refractivity contribution in [3.05, 3.63) is 41.2 Å². The predicted octanol–water partition coefficient (Wildman–Crippen LogP) is 2.54. The van der Waals surface area contributed by atoms with Crippen LogP contribution in [-0.2, 0) is 13.1 Å². The lowest BCUT2D eigenvalue weighted by atomic mass is 10.3. The molecule has 0 saturated carbocycles. The minimum Gasteiger partial charge on any atom is -0.355 e. The zero-order valence-electron chi connectivity index (χ0n) is 11.8. The summed E-state index contributed by atoms with van der Waals surface area (Å²) in [5.41, 5.74) is 1.78. The molecule has 0 saturated heterocycles. The Hall–Kier alpha value is -1.99. The van der Waals surface area contributed by atoms with Crippen LogP contribution in [0.3, 0.4) is 0 Å². The second-order valence-electron chi connectivity index (χ2n) is 4.74. The van der Waals surface area contributed by atoms with Gasteiger partial charge in [0.15, 0.2) is 5.76 Å². The van der Waals surface area contributed by atoms with Crippen LogP contribution in [0.25, 0.3) is 10.6 Å². The van der Waals surface area contributed by atoms with Crippen LogP contribution in [0.1, 0.15) is 24.7 Å². The van der Waals surface area contributed by atoms with E-state index < -0.39 is 0 Å². The first kappa shape index (κ1) is 14.0. The van der Waals surface area contributed by atoms with E-state index in [9.17, 15) is 0 Å². The molecular formula is C14H17N5OS.